The average Bonchev–Trinajstić information content (AvgIpc) is 2.27. The number of β-amino-alcohol motifs (C(OH)–C–C–N with tert-alkyl or cyclic N) is 1. The summed E-state index contributed by atoms with van der Waals surface area (Å²) < 4.78 is 5.68. The van der Waals surface area contributed by atoms with E-state index in [0.717, 1.165) is 18.7 Å². The third-order valence-electron chi connectivity index (χ3n) is 3.16. The molecule has 0 spiro atoms. The predicted molar refractivity (Wildman–Crippen MR) is 72.9 cm³/mol. The zero-order valence-corrected chi connectivity index (χ0v) is 11.6. The number of ether oxygens (including phenoxy) is 1. The number of hydrogen-bond acceptors (Lipinski definition) is 3. The van der Waals surface area contributed by atoms with Gasteiger partial charge in [-0.25, -0.2) is 0 Å². The van der Waals surface area contributed by atoms with Crippen molar-refractivity contribution in [2.45, 2.75) is 32.2 Å². The Bertz CT molecular complexity index is 389. The SMILES string of the molecule is CC1CN(CC(O)c2cccc(Cl)c2)CC(C)O1. The summed E-state index contributed by atoms with van der Waals surface area (Å²) in [6.07, 6.45) is -0.0539. The molecule has 1 aliphatic heterocycles. The van der Waals surface area contributed by atoms with Crippen LogP contribution in [-0.2, 0) is 4.74 Å². The molecule has 4 heteroatoms. The molecule has 1 aromatic rings. The average molecular weight is 270 g/mol. The summed E-state index contributed by atoms with van der Waals surface area (Å²) >= 11 is 5.93. The van der Waals surface area contributed by atoms with Gasteiger partial charge in [0, 0.05) is 24.7 Å². The van der Waals surface area contributed by atoms with E-state index >= 15 is 0 Å². The van der Waals surface area contributed by atoms with Gasteiger partial charge in [-0.15, -0.1) is 0 Å². The van der Waals surface area contributed by atoms with Crippen LogP contribution in [0.3, 0.4) is 0 Å². The van der Waals surface area contributed by atoms with Crippen molar-refractivity contribution >= 4 is 11.6 Å². The van der Waals surface area contributed by atoms with Gasteiger partial charge < -0.3 is 9.84 Å². The lowest BCUT2D eigenvalue weighted by molar-refractivity contribution is -0.0767. The maximum atomic E-state index is 10.2. The molecule has 0 aliphatic carbocycles. The first-order valence-corrected chi connectivity index (χ1v) is 6.73. The Morgan fingerprint density at radius 3 is 2.67 bits per heavy atom. The van der Waals surface area contributed by atoms with E-state index in [-0.39, 0.29) is 12.2 Å². The summed E-state index contributed by atoms with van der Waals surface area (Å²) in [7, 11) is 0. The van der Waals surface area contributed by atoms with E-state index in [1.807, 2.05) is 24.3 Å². The fourth-order valence-corrected chi connectivity index (χ4v) is 2.70. The largest absolute Gasteiger partial charge is 0.387 e. The topological polar surface area (TPSA) is 32.7 Å². The molecule has 0 aromatic heterocycles. The van der Waals surface area contributed by atoms with Crippen molar-refractivity contribution in [2.75, 3.05) is 19.6 Å². The van der Waals surface area contributed by atoms with Crippen LogP contribution in [-0.4, -0.2) is 41.8 Å². The standard InChI is InChI=1S/C14H20ClNO2/c1-10-7-16(8-11(2)18-10)9-14(17)12-4-3-5-13(15)6-12/h3-6,10-11,14,17H,7-9H2,1-2H3. The highest BCUT2D eigenvalue weighted by Gasteiger charge is 2.24. The van der Waals surface area contributed by atoms with E-state index in [1.54, 1.807) is 0 Å². The fraction of sp³-hybridized carbons (Fsp3) is 0.571. The number of halogens is 1. The normalized spacial score (nSPS) is 27.1. The zero-order valence-electron chi connectivity index (χ0n) is 10.8. The molecule has 3 unspecified atom stereocenters. The second-order valence-corrected chi connectivity index (χ2v) is 5.48. The number of morpholine rings is 1. The Balaban J connectivity index is 1.96. The summed E-state index contributed by atoms with van der Waals surface area (Å²) in [4.78, 5) is 2.24. The molecule has 0 amide bonds. The summed E-state index contributed by atoms with van der Waals surface area (Å²) in [6, 6.07) is 7.41. The molecule has 1 N–H and O–H groups in total. The van der Waals surface area contributed by atoms with Gasteiger partial charge in [0.2, 0.25) is 0 Å². The minimum atomic E-state index is -0.499. The lowest BCUT2D eigenvalue weighted by Crippen LogP contribution is -2.46. The highest BCUT2D eigenvalue weighted by atomic mass is 35.5. The van der Waals surface area contributed by atoms with Crippen LogP contribution in [0, 0.1) is 0 Å². The molecule has 0 bridgehead atoms. The number of rotatable bonds is 3. The Hall–Kier alpha value is -0.610. The third-order valence-corrected chi connectivity index (χ3v) is 3.39. The first kappa shape index (κ1) is 13.8. The number of nitrogens with zero attached hydrogens (tertiary/aromatic N) is 1. The maximum Gasteiger partial charge on any atom is 0.0917 e. The van der Waals surface area contributed by atoms with Gasteiger partial charge in [0.15, 0.2) is 0 Å². The van der Waals surface area contributed by atoms with Gasteiger partial charge >= 0.3 is 0 Å². The first-order chi connectivity index (χ1) is 8.54. The molecule has 3 atom stereocenters. The van der Waals surface area contributed by atoms with Gasteiger partial charge in [0.1, 0.15) is 0 Å². The Morgan fingerprint density at radius 1 is 1.39 bits per heavy atom. The van der Waals surface area contributed by atoms with Crippen LogP contribution in [0.2, 0.25) is 5.02 Å². The number of hydrogen-bond donors (Lipinski definition) is 1. The molecule has 1 heterocycles. The number of benzene rings is 1. The van der Waals surface area contributed by atoms with Crippen molar-refractivity contribution in [3.8, 4) is 0 Å². The van der Waals surface area contributed by atoms with Crippen LogP contribution in [0.1, 0.15) is 25.5 Å². The minimum Gasteiger partial charge on any atom is -0.387 e. The Morgan fingerprint density at radius 2 is 2.06 bits per heavy atom. The van der Waals surface area contributed by atoms with Gasteiger partial charge in [0.25, 0.3) is 0 Å². The van der Waals surface area contributed by atoms with Crippen LogP contribution in [0.15, 0.2) is 24.3 Å². The second kappa shape index (κ2) is 6.02. The molecule has 0 radical (unpaired) electrons. The smallest absolute Gasteiger partial charge is 0.0917 e. The van der Waals surface area contributed by atoms with Crippen LogP contribution in [0.4, 0.5) is 0 Å². The van der Waals surface area contributed by atoms with Crippen LogP contribution >= 0.6 is 11.6 Å². The molecule has 1 aromatic carbocycles. The Kier molecular flexibility index (Phi) is 4.62. The molecular weight excluding hydrogens is 250 g/mol. The van der Waals surface area contributed by atoms with Gasteiger partial charge in [-0.1, -0.05) is 23.7 Å². The molecule has 2 rings (SSSR count). The molecule has 1 aliphatic rings. The van der Waals surface area contributed by atoms with Gasteiger partial charge in [0.05, 0.1) is 18.3 Å². The molecular formula is C14H20ClNO2. The minimum absolute atomic E-state index is 0.223. The van der Waals surface area contributed by atoms with E-state index in [2.05, 4.69) is 18.7 Å². The summed E-state index contributed by atoms with van der Waals surface area (Å²) in [5.41, 5.74) is 0.870. The monoisotopic (exact) mass is 269 g/mol. The third kappa shape index (κ3) is 3.69. The van der Waals surface area contributed by atoms with Crippen LogP contribution in [0.5, 0.6) is 0 Å². The predicted octanol–water partition coefficient (Wildman–Crippen LogP) is 2.48. The zero-order chi connectivity index (χ0) is 13.1. The summed E-state index contributed by atoms with van der Waals surface area (Å²) in [5.74, 6) is 0. The molecule has 1 fully saturated rings. The van der Waals surface area contributed by atoms with E-state index in [0.29, 0.717) is 11.6 Å². The van der Waals surface area contributed by atoms with E-state index in [4.69, 9.17) is 16.3 Å². The van der Waals surface area contributed by atoms with Crippen molar-refractivity contribution < 1.29 is 9.84 Å². The fourth-order valence-electron chi connectivity index (χ4n) is 2.50. The highest BCUT2D eigenvalue weighted by molar-refractivity contribution is 6.30. The molecule has 0 saturated carbocycles. The van der Waals surface area contributed by atoms with Crippen molar-refractivity contribution in [1.29, 1.82) is 0 Å². The van der Waals surface area contributed by atoms with Gasteiger partial charge in [-0.3, -0.25) is 4.90 Å². The van der Waals surface area contributed by atoms with E-state index in [1.165, 1.54) is 0 Å². The molecule has 1 saturated heterocycles. The molecule has 100 valence electrons. The summed E-state index contributed by atoms with van der Waals surface area (Å²) in [5, 5.41) is 10.9. The van der Waals surface area contributed by atoms with Crippen LogP contribution in [0.25, 0.3) is 0 Å². The lowest BCUT2D eigenvalue weighted by Gasteiger charge is -2.36. The van der Waals surface area contributed by atoms with Crippen molar-refractivity contribution in [2.24, 2.45) is 0 Å². The second-order valence-electron chi connectivity index (χ2n) is 5.05. The van der Waals surface area contributed by atoms with E-state index < -0.39 is 6.10 Å². The quantitative estimate of drug-likeness (QED) is 0.915. The molecule has 3 nitrogen and oxygen atoms in total. The maximum absolute atomic E-state index is 10.2. The molecule has 18 heavy (non-hydrogen) atoms. The number of aliphatic hydroxyl groups is 1. The van der Waals surface area contributed by atoms with Gasteiger partial charge in [-0.05, 0) is 31.5 Å². The van der Waals surface area contributed by atoms with Crippen molar-refractivity contribution in [1.82, 2.24) is 4.90 Å². The number of aliphatic hydroxyl groups excluding tert-OH is 1. The van der Waals surface area contributed by atoms with Gasteiger partial charge in [-0.2, -0.15) is 0 Å². The lowest BCUT2D eigenvalue weighted by atomic mass is 10.1. The first-order valence-electron chi connectivity index (χ1n) is 6.36. The summed E-state index contributed by atoms with van der Waals surface area (Å²) in [6.45, 7) is 6.48. The van der Waals surface area contributed by atoms with E-state index in [9.17, 15) is 5.11 Å². The van der Waals surface area contributed by atoms with Crippen molar-refractivity contribution in [3.05, 3.63) is 34.9 Å². The highest BCUT2D eigenvalue weighted by Crippen LogP contribution is 2.20. The van der Waals surface area contributed by atoms with Crippen molar-refractivity contribution in [3.63, 3.8) is 0 Å². The Labute approximate surface area is 113 Å². The van der Waals surface area contributed by atoms with Crippen LogP contribution < -0.4 is 0 Å².